The third-order valence-corrected chi connectivity index (χ3v) is 6.84. The Morgan fingerprint density at radius 1 is 1.19 bits per heavy atom. The van der Waals surface area contributed by atoms with Crippen LogP contribution in [-0.2, 0) is 21.4 Å². The molecule has 0 bridgehead atoms. The molecule has 1 amide bonds. The summed E-state index contributed by atoms with van der Waals surface area (Å²) in [7, 11) is -0.552. The van der Waals surface area contributed by atoms with Crippen LogP contribution in [0.1, 0.15) is 18.9 Å². The zero-order valence-corrected chi connectivity index (χ0v) is 16.7. The van der Waals surface area contributed by atoms with E-state index in [9.17, 15) is 13.2 Å². The van der Waals surface area contributed by atoms with Gasteiger partial charge in [0, 0.05) is 26.8 Å². The van der Waals surface area contributed by atoms with E-state index in [1.807, 2.05) is 37.3 Å². The number of hydrogen-bond donors (Lipinski definition) is 1. The molecule has 0 aliphatic rings. The molecule has 26 heavy (non-hydrogen) atoms. The molecule has 1 heterocycles. The van der Waals surface area contributed by atoms with Crippen molar-refractivity contribution < 1.29 is 13.2 Å². The molecule has 0 spiro atoms. The van der Waals surface area contributed by atoms with E-state index in [0.717, 1.165) is 9.87 Å². The molecule has 0 saturated heterocycles. The van der Waals surface area contributed by atoms with Crippen LogP contribution in [0, 0.1) is 0 Å². The normalized spacial score (nSPS) is 12.8. The van der Waals surface area contributed by atoms with E-state index in [2.05, 4.69) is 10.3 Å². The van der Waals surface area contributed by atoms with E-state index in [0.29, 0.717) is 18.0 Å². The number of carbonyl (C=O) groups is 1. The van der Waals surface area contributed by atoms with Crippen molar-refractivity contribution in [3.63, 3.8) is 0 Å². The average molecular weight is 394 g/mol. The molecule has 0 saturated carbocycles. The third-order valence-electron chi connectivity index (χ3n) is 3.72. The van der Waals surface area contributed by atoms with Gasteiger partial charge in [-0.05, 0) is 24.1 Å². The maximum absolute atomic E-state index is 12.4. The summed E-state index contributed by atoms with van der Waals surface area (Å²) in [6.45, 7) is 2.41. The fraction of sp³-hybridized carbons (Fsp3) is 0.333. The number of benzene rings is 1. The van der Waals surface area contributed by atoms with Crippen molar-refractivity contribution in [2.75, 3.05) is 14.1 Å². The van der Waals surface area contributed by atoms with Crippen LogP contribution in [0.2, 0.25) is 0 Å². The fourth-order valence-corrected chi connectivity index (χ4v) is 3.92. The molecule has 2 rings (SSSR count). The van der Waals surface area contributed by atoms with Crippen molar-refractivity contribution in [1.29, 1.82) is 0 Å². The molecule has 1 aromatic carbocycles. The van der Waals surface area contributed by atoms with Crippen LogP contribution < -0.4 is 5.32 Å². The SMILES string of the molecule is CCC(Sc1ccc(S(=O)(=O)N(C)C)cn1)C(=O)NCc1ccccc1. The summed E-state index contributed by atoms with van der Waals surface area (Å²) in [5.74, 6) is -0.0619. The second-order valence-corrected chi connectivity index (χ2v) is 9.21. The van der Waals surface area contributed by atoms with Crippen molar-refractivity contribution in [3.05, 3.63) is 54.2 Å². The lowest BCUT2D eigenvalue weighted by Crippen LogP contribution is -2.31. The molecule has 1 atom stereocenters. The number of rotatable bonds is 8. The van der Waals surface area contributed by atoms with Gasteiger partial charge in [0.05, 0.1) is 10.3 Å². The van der Waals surface area contributed by atoms with E-state index < -0.39 is 10.0 Å². The van der Waals surface area contributed by atoms with Gasteiger partial charge in [-0.25, -0.2) is 17.7 Å². The van der Waals surface area contributed by atoms with Gasteiger partial charge in [0.15, 0.2) is 0 Å². The molecule has 8 heteroatoms. The molecule has 0 aliphatic heterocycles. The summed E-state index contributed by atoms with van der Waals surface area (Å²) in [5.41, 5.74) is 1.04. The smallest absolute Gasteiger partial charge is 0.244 e. The van der Waals surface area contributed by atoms with E-state index in [-0.39, 0.29) is 16.1 Å². The summed E-state index contributed by atoms with van der Waals surface area (Å²) in [5, 5.41) is 3.26. The first-order valence-electron chi connectivity index (χ1n) is 8.21. The number of nitrogens with one attached hydrogen (secondary N) is 1. The molecular weight excluding hydrogens is 370 g/mol. The lowest BCUT2D eigenvalue weighted by molar-refractivity contribution is -0.120. The Kier molecular flexibility index (Phi) is 7.19. The highest BCUT2D eigenvalue weighted by Gasteiger charge is 2.20. The summed E-state index contributed by atoms with van der Waals surface area (Å²) < 4.78 is 25.3. The number of nitrogens with zero attached hydrogens (tertiary/aromatic N) is 2. The van der Waals surface area contributed by atoms with Gasteiger partial charge in [0.25, 0.3) is 0 Å². The molecule has 2 aromatic rings. The Bertz CT molecular complexity index is 823. The van der Waals surface area contributed by atoms with Crippen molar-refractivity contribution in [1.82, 2.24) is 14.6 Å². The quantitative estimate of drug-likeness (QED) is 0.697. The van der Waals surface area contributed by atoms with Gasteiger partial charge in [0.1, 0.15) is 4.90 Å². The number of pyridine rings is 1. The van der Waals surface area contributed by atoms with Crippen LogP contribution in [-0.4, -0.2) is 43.0 Å². The average Bonchev–Trinajstić information content (AvgIpc) is 2.65. The van der Waals surface area contributed by atoms with Gasteiger partial charge in [-0.1, -0.05) is 49.0 Å². The topological polar surface area (TPSA) is 79.4 Å². The standard InChI is InChI=1S/C18H23N3O3S2/c1-4-16(18(22)20-12-14-8-6-5-7-9-14)25-17-11-10-15(13-19-17)26(23,24)21(2)3/h5-11,13,16H,4,12H2,1-3H3,(H,20,22). The largest absolute Gasteiger partial charge is 0.351 e. The lowest BCUT2D eigenvalue weighted by atomic mass is 10.2. The molecule has 1 aromatic heterocycles. The van der Waals surface area contributed by atoms with E-state index in [1.54, 1.807) is 6.07 Å². The molecule has 0 fully saturated rings. The fourth-order valence-electron chi connectivity index (χ4n) is 2.17. The van der Waals surface area contributed by atoms with Gasteiger partial charge in [0.2, 0.25) is 15.9 Å². The van der Waals surface area contributed by atoms with Crippen LogP contribution in [0.25, 0.3) is 0 Å². The maximum Gasteiger partial charge on any atom is 0.244 e. The highest BCUT2D eigenvalue weighted by molar-refractivity contribution is 8.00. The zero-order valence-electron chi connectivity index (χ0n) is 15.0. The number of sulfonamides is 1. The monoisotopic (exact) mass is 393 g/mol. The van der Waals surface area contributed by atoms with Gasteiger partial charge < -0.3 is 5.32 Å². The van der Waals surface area contributed by atoms with Gasteiger partial charge in [-0.3, -0.25) is 4.79 Å². The van der Waals surface area contributed by atoms with Gasteiger partial charge in [-0.15, -0.1) is 0 Å². The Labute approximate surface area is 159 Å². The Morgan fingerprint density at radius 2 is 1.88 bits per heavy atom. The number of aromatic nitrogens is 1. The summed E-state index contributed by atoms with van der Waals surface area (Å²) >= 11 is 1.33. The highest BCUT2D eigenvalue weighted by Crippen LogP contribution is 2.25. The second-order valence-electron chi connectivity index (χ2n) is 5.84. The number of hydrogen-bond acceptors (Lipinski definition) is 5. The van der Waals surface area contributed by atoms with Crippen molar-refractivity contribution >= 4 is 27.7 Å². The predicted molar refractivity (Wildman–Crippen MR) is 103 cm³/mol. The summed E-state index contributed by atoms with van der Waals surface area (Å²) in [4.78, 5) is 16.7. The van der Waals surface area contributed by atoms with Crippen molar-refractivity contribution in [3.8, 4) is 0 Å². The van der Waals surface area contributed by atoms with Crippen LogP contribution in [0.5, 0.6) is 0 Å². The van der Waals surface area contributed by atoms with Gasteiger partial charge in [-0.2, -0.15) is 0 Å². The van der Waals surface area contributed by atoms with Crippen LogP contribution in [0.15, 0.2) is 58.6 Å². The zero-order chi connectivity index (χ0) is 19.2. The Hall–Kier alpha value is -1.90. The minimum Gasteiger partial charge on any atom is -0.351 e. The van der Waals surface area contributed by atoms with Crippen LogP contribution in [0.3, 0.4) is 0 Å². The minimum absolute atomic E-state index is 0.0619. The first-order chi connectivity index (χ1) is 12.3. The number of amides is 1. The van der Waals surface area contributed by atoms with E-state index >= 15 is 0 Å². The highest BCUT2D eigenvalue weighted by atomic mass is 32.2. The summed E-state index contributed by atoms with van der Waals surface area (Å²) in [6.07, 6.45) is 1.97. The minimum atomic E-state index is -3.50. The van der Waals surface area contributed by atoms with Crippen molar-refractivity contribution in [2.24, 2.45) is 0 Å². The molecule has 140 valence electrons. The number of thioether (sulfide) groups is 1. The molecule has 0 radical (unpaired) electrons. The first kappa shape index (κ1) is 20.4. The van der Waals surface area contributed by atoms with Crippen LogP contribution in [0.4, 0.5) is 0 Å². The number of carbonyl (C=O) groups excluding carboxylic acids is 1. The maximum atomic E-state index is 12.4. The van der Waals surface area contributed by atoms with Crippen LogP contribution >= 0.6 is 11.8 Å². The van der Waals surface area contributed by atoms with Crippen molar-refractivity contribution in [2.45, 2.75) is 35.1 Å². The van der Waals surface area contributed by atoms with E-state index in [1.165, 1.54) is 38.1 Å². The molecule has 0 aliphatic carbocycles. The lowest BCUT2D eigenvalue weighted by Gasteiger charge is -2.15. The second kappa shape index (κ2) is 9.16. The Balaban J connectivity index is 1.99. The molecular formula is C18H23N3O3S2. The molecule has 1 unspecified atom stereocenters. The van der Waals surface area contributed by atoms with Gasteiger partial charge >= 0.3 is 0 Å². The molecule has 6 nitrogen and oxygen atoms in total. The third kappa shape index (κ3) is 5.30. The van der Waals surface area contributed by atoms with E-state index in [4.69, 9.17) is 0 Å². The molecule has 1 N–H and O–H groups in total. The predicted octanol–water partition coefficient (Wildman–Crippen LogP) is 2.52. The first-order valence-corrected chi connectivity index (χ1v) is 10.5. The summed E-state index contributed by atoms with van der Waals surface area (Å²) in [6, 6.07) is 12.9. The Morgan fingerprint density at radius 3 is 2.42 bits per heavy atom.